The highest BCUT2D eigenvalue weighted by molar-refractivity contribution is 5.77. The van der Waals surface area contributed by atoms with Crippen LogP contribution in [-0.2, 0) is 16.1 Å². The number of hydrogen-bond acceptors (Lipinski definition) is 5. The van der Waals surface area contributed by atoms with Crippen molar-refractivity contribution in [3.63, 3.8) is 0 Å². The van der Waals surface area contributed by atoms with Gasteiger partial charge in [0.05, 0.1) is 19.8 Å². The average molecular weight is 322 g/mol. The van der Waals surface area contributed by atoms with Crippen LogP contribution in [0.25, 0.3) is 0 Å². The van der Waals surface area contributed by atoms with E-state index in [-0.39, 0.29) is 18.6 Å². The molecule has 1 amide bonds. The third-order valence-electron chi connectivity index (χ3n) is 3.88. The van der Waals surface area contributed by atoms with Gasteiger partial charge in [0.15, 0.2) is 0 Å². The molecule has 1 N–H and O–H groups in total. The number of carbonyl (C=O) groups excluding carboxylic acids is 1. The van der Waals surface area contributed by atoms with Crippen LogP contribution >= 0.6 is 0 Å². The first kappa shape index (κ1) is 17.7. The molecule has 0 radical (unpaired) electrons. The van der Waals surface area contributed by atoms with Gasteiger partial charge in [-0.05, 0) is 24.6 Å². The number of ether oxygens (including phenoxy) is 2. The number of aliphatic hydroxyl groups excluding tert-OH is 1. The number of carbonyl (C=O) groups is 1. The molecule has 1 fully saturated rings. The van der Waals surface area contributed by atoms with Crippen molar-refractivity contribution in [3.8, 4) is 5.75 Å². The van der Waals surface area contributed by atoms with Gasteiger partial charge in [0.1, 0.15) is 12.4 Å². The first-order valence-electron chi connectivity index (χ1n) is 7.97. The number of piperazine rings is 1. The van der Waals surface area contributed by atoms with Gasteiger partial charge in [-0.15, -0.1) is 0 Å². The summed E-state index contributed by atoms with van der Waals surface area (Å²) in [5.74, 6) is 0.802. The molecule has 1 aliphatic rings. The number of hydrogen-bond donors (Lipinski definition) is 1. The lowest BCUT2D eigenvalue weighted by Gasteiger charge is -2.35. The topological polar surface area (TPSA) is 62.2 Å². The number of β-amino-alcohol motifs (C(OH)–C–C–N with tert-alkyl or cyclic N) is 1. The van der Waals surface area contributed by atoms with E-state index in [1.807, 2.05) is 29.2 Å². The van der Waals surface area contributed by atoms with E-state index in [2.05, 4.69) is 4.90 Å². The Bertz CT molecular complexity index is 499. The van der Waals surface area contributed by atoms with Crippen LogP contribution in [0.3, 0.4) is 0 Å². The van der Waals surface area contributed by atoms with E-state index < -0.39 is 0 Å². The maximum Gasteiger partial charge on any atom is 0.248 e. The smallest absolute Gasteiger partial charge is 0.248 e. The highest BCUT2D eigenvalue weighted by Gasteiger charge is 2.21. The number of benzene rings is 1. The summed E-state index contributed by atoms with van der Waals surface area (Å²) in [6.45, 7) is 5.90. The molecule has 128 valence electrons. The minimum absolute atomic E-state index is 0.0181. The van der Waals surface area contributed by atoms with Gasteiger partial charge in [-0.1, -0.05) is 12.1 Å². The fraction of sp³-hybridized carbons (Fsp3) is 0.588. The first-order chi connectivity index (χ1) is 11.1. The van der Waals surface area contributed by atoms with Gasteiger partial charge in [-0.25, -0.2) is 0 Å². The van der Waals surface area contributed by atoms with Gasteiger partial charge in [0.25, 0.3) is 0 Å². The number of nitrogens with zero attached hydrogens (tertiary/aromatic N) is 2. The maximum absolute atomic E-state index is 12.1. The molecule has 2 rings (SSSR count). The second-order valence-electron chi connectivity index (χ2n) is 5.87. The van der Waals surface area contributed by atoms with E-state index >= 15 is 0 Å². The Hall–Kier alpha value is -1.63. The van der Waals surface area contributed by atoms with Crippen molar-refractivity contribution in [2.24, 2.45) is 0 Å². The molecule has 1 aromatic carbocycles. The van der Waals surface area contributed by atoms with Gasteiger partial charge in [-0.2, -0.15) is 0 Å². The van der Waals surface area contributed by atoms with Gasteiger partial charge in [-0.3, -0.25) is 9.69 Å². The van der Waals surface area contributed by atoms with Crippen molar-refractivity contribution in [3.05, 3.63) is 29.8 Å². The summed E-state index contributed by atoms with van der Waals surface area (Å²) in [5, 5.41) is 9.39. The van der Waals surface area contributed by atoms with Gasteiger partial charge in [0.2, 0.25) is 5.91 Å². The SMILES string of the molecule is COc1cccc(COCC(=O)N2CCN(C[C@@H](C)O)CC2)c1. The summed E-state index contributed by atoms with van der Waals surface area (Å²) in [6.07, 6.45) is -0.330. The van der Waals surface area contributed by atoms with E-state index in [9.17, 15) is 9.90 Å². The van der Waals surface area contributed by atoms with E-state index in [0.29, 0.717) is 26.2 Å². The van der Waals surface area contributed by atoms with Crippen molar-refractivity contribution < 1.29 is 19.4 Å². The van der Waals surface area contributed by atoms with Crippen LogP contribution in [0, 0.1) is 0 Å². The normalized spacial score (nSPS) is 17.1. The van der Waals surface area contributed by atoms with Crippen molar-refractivity contribution in [2.75, 3.05) is 46.4 Å². The summed E-state index contributed by atoms with van der Waals surface area (Å²) in [6, 6.07) is 7.63. The molecule has 23 heavy (non-hydrogen) atoms. The summed E-state index contributed by atoms with van der Waals surface area (Å²) in [4.78, 5) is 16.1. The predicted molar refractivity (Wildman–Crippen MR) is 87.4 cm³/mol. The minimum Gasteiger partial charge on any atom is -0.497 e. The Morgan fingerprint density at radius 1 is 1.30 bits per heavy atom. The highest BCUT2D eigenvalue weighted by atomic mass is 16.5. The molecule has 1 saturated heterocycles. The summed E-state index contributed by atoms with van der Waals surface area (Å²) in [7, 11) is 1.63. The molecular weight excluding hydrogens is 296 g/mol. The van der Waals surface area contributed by atoms with Crippen LogP contribution in [-0.4, -0.2) is 73.4 Å². The highest BCUT2D eigenvalue weighted by Crippen LogP contribution is 2.13. The lowest BCUT2D eigenvalue weighted by Crippen LogP contribution is -2.51. The zero-order valence-corrected chi connectivity index (χ0v) is 13.9. The largest absolute Gasteiger partial charge is 0.497 e. The standard InChI is InChI=1S/C17H26N2O4/c1-14(20)11-18-6-8-19(9-7-18)17(21)13-23-12-15-4-3-5-16(10-15)22-2/h3-5,10,14,20H,6-9,11-13H2,1-2H3/t14-/m1/s1. The Kier molecular flexibility index (Phi) is 6.83. The van der Waals surface area contributed by atoms with Crippen molar-refractivity contribution in [1.29, 1.82) is 0 Å². The van der Waals surface area contributed by atoms with Crippen LogP contribution in [0.4, 0.5) is 0 Å². The van der Waals surface area contributed by atoms with Crippen molar-refractivity contribution in [1.82, 2.24) is 9.80 Å². The molecule has 6 nitrogen and oxygen atoms in total. The van der Waals surface area contributed by atoms with Crippen molar-refractivity contribution in [2.45, 2.75) is 19.6 Å². The zero-order chi connectivity index (χ0) is 16.7. The number of aliphatic hydroxyl groups is 1. The Morgan fingerprint density at radius 3 is 2.70 bits per heavy atom. The summed E-state index contributed by atoms with van der Waals surface area (Å²) in [5.41, 5.74) is 0.985. The zero-order valence-electron chi connectivity index (χ0n) is 13.9. The van der Waals surface area contributed by atoms with E-state index in [1.165, 1.54) is 0 Å². The summed E-state index contributed by atoms with van der Waals surface area (Å²) >= 11 is 0. The molecule has 1 atom stereocenters. The van der Waals surface area contributed by atoms with Gasteiger partial charge < -0.3 is 19.5 Å². The van der Waals surface area contributed by atoms with Crippen LogP contribution < -0.4 is 4.74 Å². The molecule has 0 bridgehead atoms. The fourth-order valence-corrected chi connectivity index (χ4v) is 2.66. The Balaban J connectivity index is 1.69. The minimum atomic E-state index is -0.330. The fourth-order valence-electron chi connectivity index (χ4n) is 2.66. The third-order valence-corrected chi connectivity index (χ3v) is 3.88. The molecule has 0 saturated carbocycles. The van der Waals surface area contributed by atoms with E-state index in [4.69, 9.17) is 9.47 Å². The molecule has 6 heteroatoms. The molecule has 0 unspecified atom stereocenters. The maximum atomic E-state index is 12.1. The van der Waals surface area contributed by atoms with Crippen LogP contribution in [0.5, 0.6) is 5.75 Å². The third kappa shape index (κ3) is 5.82. The lowest BCUT2D eigenvalue weighted by atomic mass is 10.2. The second kappa shape index (κ2) is 8.86. The van der Waals surface area contributed by atoms with Crippen molar-refractivity contribution >= 4 is 5.91 Å². The average Bonchev–Trinajstić information content (AvgIpc) is 2.55. The second-order valence-corrected chi connectivity index (χ2v) is 5.87. The molecule has 0 aliphatic carbocycles. The van der Waals surface area contributed by atoms with E-state index in [1.54, 1.807) is 14.0 Å². The number of rotatable bonds is 7. The van der Waals surface area contributed by atoms with Gasteiger partial charge in [0, 0.05) is 32.7 Å². The lowest BCUT2D eigenvalue weighted by molar-refractivity contribution is -0.138. The predicted octanol–water partition coefficient (Wildman–Crippen LogP) is 0.737. The van der Waals surface area contributed by atoms with Crippen LogP contribution in [0.1, 0.15) is 12.5 Å². The molecule has 1 heterocycles. The molecule has 0 spiro atoms. The summed E-state index contributed by atoms with van der Waals surface area (Å²) < 4.78 is 10.7. The quantitative estimate of drug-likeness (QED) is 0.802. The van der Waals surface area contributed by atoms with E-state index in [0.717, 1.165) is 24.4 Å². The van der Waals surface area contributed by atoms with Crippen LogP contribution in [0.15, 0.2) is 24.3 Å². The van der Waals surface area contributed by atoms with Gasteiger partial charge >= 0.3 is 0 Å². The monoisotopic (exact) mass is 322 g/mol. The first-order valence-corrected chi connectivity index (χ1v) is 7.97. The van der Waals surface area contributed by atoms with Crippen LogP contribution in [0.2, 0.25) is 0 Å². The Labute approximate surface area is 137 Å². The molecular formula is C17H26N2O4. The number of methoxy groups -OCH3 is 1. The Morgan fingerprint density at radius 2 is 2.04 bits per heavy atom. The number of amides is 1. The molecule has 1 aliphatic heterocycles. The molecule has 1 aromatic rings. The molecule has 0 aromatic heterocycles.